The summed E-state index contributed by atoms with van der Waals surface area (Å²) < 4.78 is 5.27. The topological polar surface area (TPSA) is 66.8 Å². The van der Waals surface area contributed by atoms with Crippen LogP contribution in [0.5, 0.6) is 0 Å². The molecule has 2 aromatic carbocycles. The van der Waals surface area contributed by atoms with E-state index in [9.17, 15) is 14.7 Å². The number of benzene rings is 2. The Morgan fingerprint density at radius 3 is 2.29 bits per heavy atom. The maximum atomic E-state index is 12.3. The highest BCUT2D eigenvalue weighted by Crippen LogP contribution is 2.26. The Bertz CT molecular complexity index is 755. The first-order valence-corrected chi connectivity index (χ1v) is 7.61. The van der Waals surface area contributed by atoms with Crippen LogP contribution in [-0.2, 0) is 16.1 Å². The third kappa shape index (κ3) is 3.46. The second-order valence-corrected chi connectivity index (χ2v) is 5.51. The van der Waals surface area contributed by atoms with Crippen LogP contribution in [0.1, 0.15) is 11.1 Å². The summed E-state index contributed by atoms with van der Waals surface area (Å²) in [4.78, 5) is 25.0. The van der Waals surface area contributed by atoms with Gasteiger partial charge in [-0.3, -0.25) is 4.90 Å². The van der Waals surface area contributed by atoms with Gasteiger partial charge in [0.2, 0.25) is 0 Å². The molecule has 0 aliphatic carbocycles. The summed E-state index contributed by atoms with van der Waals surface area (Å²) in [7, 11) is 0. The Labute approximate surface area is 139 Å². The van der Waals surface area contributed by atoms with Crippen LogP contribution in [0.15, 0.2) is 66.7 Å². The number of carbonyl (C=O) groups excluding carboxylic acids is 1. The van der Waals surface area contributed by atoms with E-state index in [1.807, 2.05) is 60.7 Å². The Morgan fingerprint density at radius 2 is 1.67 bits per heavy atom. The van der Waals surface area contributed by atoms with Crippen molar-refractivity contribution in [2.45, 2.75) is 12.6 Å². The van der Waals surface area contributed by atoms with Crippen molar-refractivity contribution in [3.05, 3.63) is 77.9 Å². The molecular weight excluding hydrogens is 306 g/mol. The van der Waals surface area contributed by atoms with Crippen molar-refractivity contribution in [3.63, 3.8) is 0 Å². The van der Waals surface area contributed by atoms with Gasteiger partial charge in [0.25, 0.3) is 0 Å². The van der Waals surface area contributed by atoms with Crippen LogP contribution in [0.2, 0.25) is 0 Å². The fourth-order valence-electron chi connectivity index (χ4n) is 2.64. The molecule has 3 rings (SSSR count). The molecule has 0 bridgehead atoms. The third-order valence-corrected chi connectivity index (χ3v) is 3.87. The zero-order chi connectivity index (χ0) is 16.9. The van der Waals surface area contributed by atoms with Crippen LogP contribution in [0.3, 0.4) is 0 Å². The summed E-state index contributed by atoms with van der Waals surface area (Å²) in [6, 6.07) is 17.7. The van der Waals surface area contributed by atoms with Crippen LogP contribution in [0, 0.1) is 0 Å². The normalized spacial score (nSPS) is 16.6. The average molecular weight is 323 g/mol. The van der Waals surface area contributed by atoms with Gasteiger partial charge in [-0.25, -0.2) is 9.59 Å². The van der Waals surface area contributed by atoms with Gasteiger partial charge in [-0.05, 0) is 22.8 Å². The Hall–Kier alpha value is -3.08. The summed E-state index contributed by atoms with van der Waals surface area (Å²) in [5.74, 6) is -1.07. The minimum absolute atomic E-state index is 0.114. The number of hydrogen-bond acceptors (Lipinski definition) is 3. The number of amides is 1. The predicted molar refractivity (Wildman–Crippen MR) is 89.2 cm³/mol. The Morgan fingerprint density at radius 1 is 1.04 bits per heavy atom. The minimum atomic E-state index is -1.07. The molecular formula is C19H17NO4. The third-order valence-electron chi connectivity index (χ3n) is 3.87. The molecule has 0 saturated heterocycles. The van der Waals surface area contributed by atoms with Gasteiger partial charge in [-0.1, -0.05) is 60.7 Å². The highest BCUT2D eigenvalue weighted by atomic mass is 16.6. The van der Waals surface area contributed by atoms with Crippen molar-refractivity contribution in [1.29, 1.82) is 0 Å². The lowest BCUT2D eigenvalue weighted by Gasteiger charge is -2.21. The average Bonchev–Trinajstić information content (AvgIpc) is 3.07. The van der Waals surface area contributed by atoms with Crippen molar-refractivity contribution in [2.24, 2.45) is 0 Å². The second-order valence-electron chi connectivity index (χ2n) is 5.51. The first kappa shape index (κ1) is 15.8. The lowest BCUT2D eigenvalue weighted by Crippen LogP contribution is -2.41. The van der Waals surface area contributed by atoms with Crippen molar-refractivity contribution < 1.29 is 19.4 Å². The number of aliphatic carboxylic acids is 1. The maximum absolute atomic E-state index is 12.3. The number of carboxylic acids is 1. The smallest absolute Gasteiger partial charge is 0.411 e. The molecule has 1 amide bonds. The van der Waals surface area contributed by atoms with E-state index in [4.69, 9.17) is 4.74 Å². The predicted octanol–water partition coefficient (Wildman–Crippen LogP) is 3.18. The van der Waals surface area contributed by atoms with Crippen LogP contribution < -0.4 is 0 Å². The van der Waals surface area contributed by atoms with Gasteiger partial charge < -0.3 is 9.84 Å². The fourth-order valence-corrected chi connectivity index (χ4v) is 2.64. The lowest BCUT2D eigenvalue weighted by atomic mass is 10.1. The molecule has 0 aromatic heterocycles. The molecule has 0 radical (unpaired) electrons. The van der Waals surface area contributed by atoms with Crippen LogP contribution >= 0.6 is 0 Å². The number of carboxylic acid groups (broad SMARTS) is 1. The molecule has 2 aromatic rings. The van der Waals surface area contributed by atoms with Crippen LogP contribution in [0.25, 0.3) is 5.57 Å². The molecule has 122 valence electrons. The highest BCUT2D eigenvalue weighted by Gasteiger charge is 2.35. The largest absolute Gasteiger partial charge is 0.479 e. The van der Waals surface area contributed by atoms with Crippen LogP contribution in [-0.4, -0.2) is 34.7 Å². The van der Waals surface area contributed by atoms with Crippen molar-refractivity contribution >= 4 is 17.6 Å². The van der Waals surface area contributed by atoms with E-state index >= 15 is 0 Å². The molecule has 5 nitrogen and oxygen atoms in total. The maximum Gasteiger partial charge on any atom is 0.411 e. The van der Waals surface area contributed by atoms with E-state index in [2.05, 4.69) is 0 Å². The van der Waals surface area contributed by atoms with Gasteiger partial charge in [0, 0.05) is 0 Å². The fraction of sp³-hybridized carbons (Fsp3) is 0.158. The minimum Gasteiger partial charge on any atom is -0.479 e. The molecule has 24 heavy (non-hydrogen) atoms. The van der Waals surface area contributed by atoms with E-state index < -0.39 is 18.1 Å². The van der Waals surface area contributed by atoms with Crippen molar-refractivity contribution in [2.75, 3.05) is 6.54 Å². The molecule has 5 heteroatoms. The zero-order valence-corrected chi connectivity index (χ0v) is 13.0. The van der Waals surface area contributed by atoms with Crippen LogP contribution in [0.4, 0.5) is 4.79 Å². The van der Waals surface area contributed by atoms with E-state index in [0.717, 1.165) is 16.7 Å². The van der Waals surface area contributed by atoms with Gasteiger partial charge in [0.05, 0.1) is 6.54 Å². The first-order valence-electron chi connectivity index (χ1n) is 7.61. The molecule has 1 N–H and O–H groups in total. The quantitative estimate of drug-likeness (QED) is 0.938. The molecule has 1 aliphatic heterocycles. The zero-order valence-electron chi connectivity index (χ0n) is 13.0. The standard InChI is InChI=1S/C19H17NO4/c21-18(22)17-11-16(15-9-5-2-6-10-15)12-20(17)19(23)24-13-14-7-3-1-4-8-14/h1-11,17H,12-13H2,(H,21,22)/t17-/m1/s1. The molecule has 0 fully saturated rings. The summed E-state index contributed by atoms with van der Waals surface area (Å²) in [5.41, 5.74) is 2.56. The number of ether oxygens (including phenoxy) is 1. The van der Waals surface area contributed by atoms with Crippen molar-refractivity contribution in [3.8, 4) is 0 Å². The Balaban J connectivity index is 1.71. The molecule has 1 heterocycles. The van der Waals surface area contributed by atoms with E-state index in [-0.39, 0.29) is 13.2 Å². The number of hydrogen-bond donors (Lipinski definition) is 1. The number of rotatable bonds is 4. The molecule has 1 aliphatic rings. The van der Waals surface area contributed by atoms with E-state index in [1.165, 1.54) is 4.90 Å². The van der Waals surface area contributed by atoms with Gasteiger partial charge in [0.1, 0.15) is 6.61 Å². The van der Waals surface area contributed by atoms with Gasteiger partial charge in [-0.15, -0.1) is 0 Å². The Kier molecular flexibility index (Phi) is 4.61. The molecule has 1 atom stereocenters. The van der Waals surface area contributed by atoms with Gasteiger partial charge in [-0.2, -0.15) is 0 Å². The number of nitrogens with zero attached hydrogens (tertiary/aromatic N) is 1. The monoisotopic (exact) mass is 323 g/mol. The van der Waals surface area contributed by atoms with E-state index in [1.54, 1.807) is 6.08 Å². The van der Waals surface area contributed by atoms with Gasteiger partial charge >= 0.3 is 12.1 Å². The SMILES string of the molecule is O=C(O)[C@H]1C=C(c2ccccc2)CN1C(=O)OCc1ccccc1. The lowest BCUT2D eigenvalue weighted by molar-refractivity contribution is -0.140. The van der Waals surface area contributed by atoms with Gasteiger partial charge in [0.15, 0.2) is 6.04 Å². The molecule has 0 saturated carbocycles. The number of carbonyl (C=O) groups is 2. The summed E-state index contributed by atoms with van der Waals surface area (Å²) in [5, 5.41) is 9.39. The second kappa shape index (κ2) is 7.00. The molecule has 0 unspecified atom stereocenters. The molecule has 0 spiro atoms. The summed E-state index contributed by atoms with van der Waals surface area (Å²) in [6.07, 6.45) is 0.968. The van der Waals surface area contributed by atoms with Crippen molar-refractivity contribution in [1.82, 2.24) is 4.90 Å². The summed E-state index contributed by atoms with van der Waals surface area (Å²) in [6.45, 7) is 0.331. The first-order chi connectivity index (χ1) is 11.6. The van der Waals surface area contributed by atoms with E-state index in [0.29, 0.717) is 0 Å². The highest BCUT2D eigenvalue weighted by molar-refractivity contribution is 5.89. The summed E-state index contributed by atoms with van der Waals surface area (Å²) >= 11 is 0.